The highest BCUT2D eigenvalue weighted by Gasteiger charge is 2.48. The average molecular weight is 227 g/mol. The lowest BCUT2D eigenvalue weighted by Gasteiger charge is -2.58. The Balaban J connectivity index is 2.56. The third-order valence-corrected chi connectivity index (χ3v) is 4.45. The lowest BCUT2D eigenvalue weighted by Crippen LogP contribution is -2.66. The van der Waals surface area contributed by atoms with Gasteiger partial charge in [-0.15, -0.1) is 0 Å². The summed E-state index contributed by atoms with van der Waals surface area (Å²) in [6.45, 7) is 13.1. The molecule has 1 N–H and O–H groups in total. The fourth-order valence-corrected chi connectivity index (χ4v) is 2.94. The number of likely N-dealkylation sites (tertiary alicyclic amines) is 1. The quantitative estimate of drug-likeness (QED) is 0.754. The molecular weight excluding hydrogens is 198 g/mol. The molecular formula is C14H29NO. The number of nitrogens with zero attached hydrogens (tertiary/aromatic N) is 1. The molecule has 1 rings (SSSR count). The van der Waals surface area contributed by atoms with Gasteiger partial charge in [0.05, 0.1) is 6.10 Å². The number of aliphatic hydroxyl groups is 1. The monoisotopic (exact) mass is 227 g/mol. The Morgan fingerprint density at radius 3 is 1.94 bits per heavy atom. The van der Waals surface area contributed by atoms with Crippen molar-refractivity contribution in [1.29, 1.82) is 0 Å². The summed E-state index contributed by atoms with van der Waals surface area (Å²) in [7, 11) is 0. The van der Waals surface area contributed by atoms with Crippen LogP contribution in [-0.2, 0) is 0 Å². The van der Waals surface area contributed by atoms with Gasteiger partial charge >= 0.3 is 0 Å². The summed E-state index contributed by atoms with van der Waals surface area (Å²) in [6.07, 6.45) is 4.99. The molecule has 0 radical (unpaired) electrons. The topological polar surface area (TPSA) is 23.5 Å². The molecule has 0 aromatic heterocycles. The summed E-state index contributed by atoms with van der Waals surface area (Å²) in [4.78, 5) is 2.45. The van der Waals surface area contributed by atoms with Crippen molar-refractivity contribution in [2.45, 2.75) is 71.9 Å². The molecule has 0 aromatic carbocycles. The maximum absolute atomic E-state index is 9.80. The molecule has 0 spiro atoms. The van der Waals surface area contributed by atoms with E-state index in [-0.39, 0.29) is 11.6 Å². The van der Waals surface area contributed by atoms with Crippen LogP contribution in [-0.4, -0.2) is 34.7 Å². The molecule has 1 aliphatic rings. The summed E-state index contributed by atoms with van der Waals surface area (Å²) in [6, 6.07) is 0. The van der Waals surface area contributed by atoms with E-state index in [0.29, 0.717) is 5.41 Å². The van der Waals surface area contributed by atoms with Gasteiger partial charge in [0, 0.05) is 18.6 Å². The Hall–Kier alpha value is -0.0800. The van der Waals surface area contributed by atoms with E-state index in [0.717, 1.165) is 0 Å². The van der Waals surface area contributed by atoms with Crippen molar-refractivity contribution in [3.05, 3.63) is 0 Å². The second-order valence-electron chi connectivity index (χ2n) is 6.19. The lowest BCUT2D eigenvalue weighted by atomic mass is 9.70. The molecule has 96 valence electrons. The standard InChI is InChI=1S/C14H29NO/c1-6-8-14(9-7-2)10-15(11-14)13(4,5)12(3)16/h12,16H,6-11H2,1-5H3. The zero-order valence-electron chi connectivity index (χ0n) is 11.7. The molecule has 2 nitrogen and oxygen atoms in total. The summed E-state index contributed by atoms with van der Waals surface area (Å²) in [5.41, 5.74) is 0.487. The van der Waals surface area contributed by atoms with Gasteiger partial charge in [0.2, 0.25) is 0 Å². The first-order chi connectivity index (χ1) is 7.38. The van der Waals surface area contributed by atoms with Gasteiger partial charge in [0.1, 0.15) is 0 Å². The van der Waals surface area contributed by atoms with Gasteiger partial charge in [-0.1, -0.05) is 26.7 Å². The SMILES string of the molecule is CCCC1(CCC)CN(C(C)(C)C(C)O)C1. The minimum atomic E-state index is -0.256. The van der Waals surface area contributed by atoms with Crippen molar-refractivity contribution in [2.75, 3.05) is 13.1 Å². The average Bonchev–Trinajstić information content (AvgIpc) is 2.13. The summed E-state index contributed by atoms with van der Waals surface area (Å²) in [5, 5.41) is 9.80. The van der Waals surface area contributed by atoms with Gasteiger partial charge in [-0.25, -0.2) is 0 Å². The molecule has 1 fully saturated rings. The molecule has 0 saturated carbocycles. The van der Waals surface area contributed by atoms with E-state index in [2.05, 4.69) is 32.6 Å². The minimum Gasteiger partial charge on any atom is -0.392 e. The van der Waals surface area contributed by atoms with Crippen LogP contribution in [0.5, 0.6) is 0 Å². The Morgan fingerprint density at radius 2 is 1.62 bits per heavy atom. The van der Waals surface area contributed by atoms with Crippen LogP contribution in [0.25, 0.3) is 0 Å². The predicted molar refractivity (Wildman–Crippen MR) is 69.6 cm³/mol. The zero-order valence-corrected chi connectivity index (χ0v) is 11.7. The van der Waals surface area contributed by atoms with Crippen molar-refractivity contribution < 1.29 is 5.11 Å². The highest BCUT2D eigenvalue weighted by Crippen LogP contribution is 2.43. The fourth-order valence-electron chi connectivity index (χ4n) is 2.94. The second-order valence-corrected chi connectivity index (χ2v) is 6.19. The van der Waals surface area contributed by atoms with E-state index in [1.807, 2.05) is 6.92 Å². The normalized spacial score (nSPS) is 22.9. The molecule has 1 atom stereocenters. The van der Waals surface area contributed by atoms with Gasteiger partial charge in [0.15, 0.2) is 0 Å². The Bertz CT molecular complexity index is 209. The van der Waals surface area contributed by atoms with Crippen molar-refractivity contribution in [2.24, 2.45) is 5.41 Å². The van der Waals surface area contributed by atoms with Gasteiger partial charge in [0.25, 0.3) is 0 Å². The Kier molecular flexibility index (Phi) is 4.42. The van der Waals surface area contributed by atoms with Crippen LogP contribution in [0.3, 0.4) is 0 Å². The van der Waals surface area contributed by atoms with Gasteiger partial charge < -0.3 is 5.11 Å². The minimum absolute atomic E-state index is 0.0645. The largest absolute Gasteiger partial charge is 0.392 e. The van der Waals surface area contributed by atoms with Crippen LogP contribution >= 0.6 is 0 Å². The number of hydrogen-bond donors (Lipinski definition) is 1. The maximum Gasteiger partial charge on any atom is 0.0690 e. The predicted octanol–water partition coefficient (Wildman–Crippen LogP) is 3.05. The summed E-state index contributed by atoms with van der Waals surface area (Å²) >= 11 is 0. The zero-order chi connectivity index (χ0) is 12.4. The molecule has 2 heteroatoms. The first-order valence-electron chi connectivity index (χ1n) is 6.81. The smallest absolute Gasteiger partial charge is 0.0690 e. The van der Waals surface area contributed by atoms with Crippen LogP contribution in [0.4, 0.5) is 0 Å². The molecule has 16 heavy (non-hydrogen) atoms. The van der Waals surface area contributed by atoms with E-state index in [4.69, 9.17) is 0 Å². The third kappa shape index (κ3) is 2.60. The van der Waals surface area contributed by atoms with Gasteiger partial charge in [-0.05, 0) is 39.0 Å². The molecule has 1 saturated heterocycles. The fraction of sp³-hybridized carbons (Fsp3) is 1.00. The highest BCUT2D eigenvalue weighted by atomic mass is 16.3. The molecule has 0 amide bonds. The summed E-state index contributed by atoms with van der Waals surface area (Å²) < 4.78 is 0. The number of hydrogen-bond acceptors (Lipinski definition) is 2. The van der Waals surface area contributed by atoms with Crippen LogP contribution in [0, 0.1) is 5.41 Å². The molecule has 1 aliphatic heterocycles. The summed E-state index contributed by atoms with van der Waals surface area (Å²) in [5.74, 6) is 0. The first-order valence-corrected chi connectivity index (χ1v) is 6.81. The van der Waals surface area contributed by atoms with Crippen molar-refractivity contribution in [3.63, 3.8) is 0 Å². The van der Waals surface area contributed by atoms with E-state index in [1.54, 1.807) is 0 Å². The molecule has 1 heterocycles. The Labute approximate surface area is 101 Å². The van der Waals surface area contributed by atoms with Crippen molar-refractivity contribution >= 4 is 0 Å². The van der Waals surface area contributed by atoms with E-state index < -0.39 is 0 Å². The lowest BCUT2D eigenvalue weighted by molar-refractivity contribution is -0.113. The highest BCUT2D eigenvalue weighted by molar-refractivity contribution is 5.01. The van der Waals surface area contributed by atoms with Crippen molar-refractivity contribution in [3.8, 4) is 0 Å². The number of rotatable bonds is 6. The van der Waals surface area contributed by atoms with Crippen LogP contribution in [0.2, 0.25) is 0 Å². The first kappa shape index (κ1) is 14.0. The van der Waals surface area contributed by atoms with Gasteiger partial charge in [-0.2, -0.15) is 0 Å². The van der Waals surface area contributed by atoms with Crippen LogP contribution in [0.1, 0.15) is 60.3 Å². The molecule has 0 bridgehead atoms. The number of aliphatic hydroxyl groups excluding tert-OH is 1. The van der Waals surface area contributed by atoms with E-state index >= 15 is 0 Å². The Morgan fingerprint density at radius 1 is 1.19 bits per heavy atom. The maximum atomic E-state index is 9.80. The van der Waals surface area contributed by atoms with Crippen LogP contribution < -0.4 is 0 Å². The van der Waals surface area contributed by atoms with E-state index in [1.165, 1.54) is 38.8 Å². The van der Waals surface area contributed by atoms with Crippen LogP contribution in [0.15, 0.2) is 0 Å². The molecule has 0 aliphatic carbocycles. The molecule has 1 unspecified atom stereocenters. The van der Waals surface area contributed by atoms with E-state index in [9.17, 15) is 5.11 Å². The third-order valence-electron chi connectivity index (χ3n) is 4.45. The molecule has 0 aromatic rings. The second kappa shape index (κ2) is 5.05. The van der Waals surface area contributed by atoms with Crippen molar-refractivity contribution in [1.82, 2.24) is 4.90 Å². The van der Waals surface area contributed by atoms with Gasteiger partial charge in [-0.3, -0.25) is 4.90 Å².